The van der Waals surface area contributed by atoms with Crippen LogP contribution in [0.3, 0.4) is 0 Å². The number of hydrogen-bond acceptors (Lipinski definition) is 2. The lowest BCUT2D eigenvalue weighted by Gasteiger charge is -2.08. The van der Waals surface area contributed by atoms with Crippen molar-refractivity contribution in [2.75, 3.05) is 5.75 Å². The number of thioether (sulfide) groups is 1. The van der Waals surface area contributed by atoms with E-state index in [1.807, 2.05) is 0 Å². The van der Waals surface area contributed by atoms with Crippen molar-refractivity contribution in [1.82, 2.24) is 0 Å². The van der Waals surface area contributed by atoms with Crippen LogP contribution >= 0.6 is 11.8 Å². The molecule has 0 heterocycles. The van der Waals surface area contributed by atoms with E-state index in [1.54, 1.807) is 30.3 Å². The predicted molar refractivity (Wildman–Crippen MR) is 103 cm³/mol. The molecule has 0 amide bonds. The van der Waals surface area contributed by atoms with Crippen LogP contribution in [0, 0.1) is 0 Å². The van der Waals surface area contributed by atoms with Gasteiger partial charge >= 0.3 is 6.30 Å². The normalized spacial score (nSPS) is 12.6. The Morgan fingerprint density at radius 3 is 1.88 bits per heavy atom. The molecular weight excluding hydrogens is 343 g/mol. The first kappa shape index (κ1) is 22.1. The molecule has 0 N–H and O–H groups in total. The fourth-order valence-electron chi connectivity index (χ4n) is 2.63. The minimum Gasteiger partial charge on any atom is -0.177 e. The summed E-state index contributed by atoms with van der Waals surface area (Å²) in [5.74, 6) is 0.681. The highest BCUT2D eigenvalue weighted by molar-refractivity contribution is 8.14. The van der Waals surface area contributed by atoms with Crippen LogP contribution in [0.25, 0.3) is 0 Å². The van der Waals surface area contributed by atoms with Crippen molar-refractivity contribution in [3.05, 3.63) is 35.9 Å². The monoisotopic (exact) mass is 373 g/mol. The lowest BCUT2D eigenvalue weighted by molar-refractivity contribution is -0.119. The second-order valence-corrected chi connectivity index (χ2v) is 7.36. The first-order valence-electron chi connectivity index (χ1n) is 9.37. The summed E-state index contributed by atoms with van der Waals surface area (Å²) in [7, 11) is 0. The average molecular weight is 374 g/mol. The van der Waals surface area contributed by atoms with Crippen LogP contribution in [0.15, 0.2) is 35.3 Å². The van der Waals surface area contributed by atoms with Gasteiger partial charge < -0.3 is 0 Å². The fourth-order valence-corrected chi connectivity index (χ4v) is 3.65. The van der Waals surface area contributed by atoms with E-state index in [-0.39, 0.29) is 5.04 Å². The molecule has 1 nitrogen and oxygen atoms in total. The van der Waals surface area contributed by atoms with E-state index < -0.39 is 6.30 Å². The number of nitrogens with zero attached hydrogens (tertiary/aromatic N) is 1. The molecule has 0 aliphatic rings. The van der Waals surface area contributed by atoms with Gasteiger partial charge in [0.05, 0.1) is 0 Å². The van der Waals surface area contributed by atoms with Crippen LogP contribution < -0.4 is 0 Å². The zero-order chi connectivity index (χ0) is 18.4. The molecule has 142 valence electrons. The third-order valence-electron chi connectivity index (χ3n) is 3.99. The van der Waals surface area contributed by atoms with Gasteiger partial charge in [-0.1, -0.05) is 95.0 Å². The second-order valence-electron chi connectivity index (χ2n) is 6.28. The Morgan fingerprint density at radius 1 is 0.840 bits per heavy atom. The first-order valence-corrected chi connectivity index (χ1v) is 10.4. The quantitative estimate of drug-likeness (QED) is 0.159. The van der Waals surface area contributed by atoms with Crippen molar-refractivity contribution in [3.63, 3.8) is 0 Å². The van der Waals surface area contributed by atoms with Crippen LogP contribution in [-0.2, 0) is 0 Å². The Bertz CT molecular complexity index is 472. The molecule has 0 radical (unpaired) electrons. The third-order valence-corrected chi connectivity index (χ3v) is 5.08. The van der Waals surface area contributed by atoms with Gasteiger partial charge in [0.25, 0.3) is 0 Å². The van der Waals surface area contributed by atoms with Crippen LogP contribution in [0.5, 0.6) is 0 Å². The standard InChI is InChI=1S/C20H30F3NS/c1-2-3-4-5-6-7-8-9-10-14-17-25-19(24-20(21,22)23)18-15-12-11-13-16-18/h11-13,15-16H,2-10,14,17H2,1H3/b24-19+. The summed E-state index contributed by atoms with van der Waals surface area (Å²) < 4.78 is 37.8. The largest absolute Gasteiger partial charge is 0.504 e. The molecule has 0 saturated carbocycles. The Kier molecular flexibility index (Phi) is 11.7. The van der Waals surface area contributed by atoms with Crippen molar-refractivity contribution in [2.45, 2.75) is 77.4 Å². The number of benzene rings is 1. The summed E-state index contributed by atoms with van der Waals surface area (Å²) in [6.07, 6.45) is 7.78. The van der Waals surface area contributed by atoms with Gasteiger partial charge in [-0.2, -0.15) is 4.99 Å². The minimum atomic E-state index is -4.52. The van der Waals surface area contributed by atoms with Gasteiger partial charge in [0, 0.05) is 5.56 Å². The van der Waals surface area contributed by atoms with E-state index in [2.05, 4.69) is 11.9 Å². The molecule has 0 aliphatic heterocycles. The van der Waals surface area contributed by atoms with Crippen LogP contribution in [-0.4, -0.2) is 17.1 Å². The minimum absolute atomic E-state index is 0.0732. The smallest absolute Gasteiger partial charge is 0.177 e. The number of halogens is 3. The summed E-state index contributed by atoms with van der Waals surface area (Å²) >= 11 is 1.21. The zero-order valence-electron chi connectivity index (χ0n) is 15.2. The molecule has 0 spiro atoms. The van der Waals surface area contributed by atoms with Crippen molar-refractivity contribution < 1.29 is 13.2 Å². The van der Waals surface area contributed by atoms with Gasteiger partial charge in [-0.3, -0.25) is 0 Å². The Morgan fingerprint density at radius 2 is 1.36 bits per heavy atom. The molecule has 0 unspecified atom stereocenters. The summed E-state index contributed by atoms with van der Waals surface area (Å²) in [5.41, 5.74) is 0.539. The van der Waals surface area contributed by atoms with Crippen LogP contribution in [0.4, 0.5) is 13.2 Å². The topological polar surface area (TPSA) is 12.4 Å². The van der Waals surface area contributed by atoms with Crippen molar-refractivity contribution >= 4 is 16.8 Å². The molecule has 0 aliphatic carbocycles. The maximum absolute atomic E-state index is 12.6. The molecular formula is C20H30F3NS. The van der Waals surface area contributed by atoms with E-state index in [9.17, 15) is 13.2 Å². The third kappa shape index (κ3) is 12.1. The maximum atomic E-state index is 12.6. The predicted octanol–water partition coefficient (Wildman–Crippen LogP) is 7.61. The summed E-state index contributed by atoms with van der Waals surface area (Å²) in [6.45, 7) is 2.22. The lowest BCUT2D eigenvalue weighted by atomic mass is 10.1. The molecule has 1 aromatic rings. The molecule has 0 fully saturated rings. The van der Waals surface area contributed by atoms with Crippen molar-refractivity contribution in [1.29, 1.82) is 0 Å². The molecule has 25 heavy (non-hydrogen) atoms. The van der Waals surface area contributed by atoms with Gasteiger partial charge in [-0.05, 0) is 12.2 Å². The van der Waals surface area contributed by atoms with E-state index in [4.69, 9.17) is 0 Å². The van der Waals surface area contributed by atoms with Gasteiger partial charge in [0.15, 0.2) is 0 Å². The molecule has 0 bridgehead atoms. The van der Waals surface area contributed by atoms with E-state index in [0.29, 0.717) is 11.3 Å². The van der Waals surface area contributed by atoms with Gasteiger partial charge in [0.1, 0.15) is 5.04 Å². The summed E-state index contributed by atoms with van der Waals surface area (Å²) in [6, 6.07) is 8.62. The molecule has 1 aromatic carbocycles. The number of alkyl halides is 3. The average Bonchev–Trinajstić information content (AvgIpc) is 2.58. The molecule has 0 saturated heterocycles. The van der Waals surface area contributed by atoms with Gasteiger partial charge in [-0.25, -0.2) is 0 Å². The SMILES string of the molecule is CCCCCCCCCCCCS/C(=N/C(F)(F)F)c1ccccc1. The number of rotatable bonds is 12. The number of unbranched alkanes of at least 4 members (excludes halogenated alkanes) is 9. The fraction of sp³-hybridized carbons (Fsp3) is 0.650. The highest BCUT2D eigenvalue weighted by atomic mass is 32.2. The number of aliphatic imine (C=N–C) groups is 1. The van der Waals surface area contributed by atoms with Gasteiger partial charge in [0.2, 0.25) is 0 Å². The van der Waals surface area contributed by atoms with Crippen LogP contribution in [0.1, 0.15) is 76.7 Å². The van der Waals surface area contributed by atoms with Crippen molar-refractivity contribution in [2.24, 2.45) is 4.99 Å². The molecule has 0 atom stereocenters. The van der Waals surface area contributed by atoms with E-state index in [0.717, 1.165) is 12.8 Å². The highest BCUT2D eigenvalue weighted by Crippen LogP contribution is 2.24. The zero-order valence-corrected chi connectivity index (χ0v) is 16.0. The summed E-state index contributed by atoms with van der Waals surface area (Å²) in [4.78, 5) is 2.94. The Balaban J connectivity index is 2.20. The first-order chi connectivity index (χ1) is 12.0. The Labute approximate surface area is 154 Å². The molecule has 5 heteroatoms. The molecule has 0 aromatic heterocycles. The van der Waals surface area contributed by atoms with Crippen LogP contribution in [0.2, 0.25) is 0 Å². The van der Waals surface area contributed by atoms with Crippen molar-refractivity contribution in [3.8, 4) is 0 Å². The van der Waals surface area contributed by atoms with E-state index in [1.165, 1.54) is 63.1 Å². The maximum Gasteiger partial charge on any atom is 0.504 e. The summed E-state index contributed by atoms with van der Waals surface area (Å²) in [5, 5.41) is 0.0732. The lowest BCUT2D eigenvalue weighted by Crippen LogP contribution is -2.08. The molecule has 1 rings (SSSR count). The second kappa shape index (κ2) is 13.3. The van der Waals surface area contributed by atoms with E-state index >= 15 is 0 Å². The number of hydrogen-bond donors (Lipinski definition) is 0. The van der Waals surface area contributed by atoms with Gasteiger partial charge in [-0.15, -0.1) is 24.9 Å². The Hall–Kier alpha value is -0.970. The highest BCUT2D eigenvalue weighted by Gasteiger charge is 2.27.